The fraction of sp³-hybridized carbons (Fsp3) is 0.294. The van der Waals surface area contributed by atoms with Crippen LogP contribution in [0.3, 0.4) is 0 Å². The molecule has 0 aliphatic carbocycles. The van der Waals surface area contributed by atoms with E-state index < -0.39 is 23.3 Å². The van der Waals surface area contributed by atoms with Gasteiger partial charge in [0, 0.05) is 38.1 Å². The molecule has 0 radical (unpaired) electrons. The smallest absolute Gasteiger partial charge is 0.407 e. The monoisotopic (exact) mass is 375 g/mol. The third kappa shape index (κ3) is 4.38. The van der Waals surface area contributed by atoms with E-state index in [1.807, 2.05) is 0 Å². The number of nitriles is 1. The zero-order valence-electron chi connectivity index (χ0n) is 14.0. The number of nitrogens with one attached hydrogen (secondary N) is 1. The second-order valence-electron chi connectivity index (χ2n) is 5.88. The summed E-state index contributed by atoms with van der Waals surface area (Å²) < 4.78 is 33.4. The summed E-state index contributed by atoms with van der Waals surface area (Å²) in [7, 11) is 0. The van der Waals surface area contributed by atoms with Crippen molar-refractivity contribution in [3.05, 3.63) is 41.7 Å². The lowest BCUT2D eigenvalue weighted by atomic mass is 10.1. The van der Waals surface area contributed by atoms with Crippen molar-refractivity contribution in [3.8, 4) is 11.9 Å². The van der Waals surface area contributed by atoms with Crippen molar-refractivity contribution in [2.75, 3.05) is 18.4 Å². The fourth-order valence-corrected chi connectivity index (χ4v) is 2.67. The molecule has 27 heavy (non-hydrogen) atoms. The average Bonchev–Trinajstić information content (AvgIpc) is 2.65. The summed E-state index contributed by atoms with van der Waals surface area (Å²) in [6.45, 7) is 0.734. The summed E-state index contributed by atoms with van der Waals surface area (Å²) in [5.41, 5.74) is -0.566. The lowest BCUT2D eigenvalue weighted by Crippen LogP contribution is -2.41. The first-order valence-corrected chi connectivity index (χ1v) is 8.09. The zero-order valence-corrected chi connectivity index (χ0v) is 14.0. The zero-order chi connectivity index (χ0) is 19.4. The van der Waals surface area contributed by atoms with Crippen LogP contribution in [0.25, 0.3) is 0 Å². The second kappa shape index (κ2) is 7.82. The topological polar surface area (TPSA) is 111 Å². The predicted octanol–water partition coefficient (Wildman–Crippen LogP) is 2.89. The van der Waals surface area contributed by atoms with E-state index in [1.54, 1.807) is 6.07 Å². The predicted molar refractivity (Wildman–Crippen MR) is 89.6 cm³/mol. The Hall–Kier alpha value is -3.48. The third-order valence-corrected chi connectivity index (χ3v) is 4.08. The molecule has 1 amide bonds. The van der Waals surface area contributed by atoms with E-state index in [0.29, 0.717) is 25.9 Å². The highest BCUT2D eigenvalue weighted by molar-refractivity contribution is 5.65. The first-order valence-electron chi connectivity index (χ1n) is 8.09. The first kappa shape index (κ1) is 18.3. The molecule has 0 spiro atoms. The van der Waals surface area contributed by atoms with Crippen LogP contribution in [0.2, 0.25) is 0 Å². The fourth-order valence-electron chi connectivity index (χ4n) is 2.67. The third-order valence-electron chi connectivity index (χ3n) is 4.08. The Morgan fingerprint density at radius 3 is 2.67 bits per heavy atom. The molecule has 8 nitrogen and oxygen atoms in total. The van der Waals surface area contributed by atoms with Gasteiger partial charge in [-0.2, -0.15) is 5.26 Å². The molecular weight excluding hydrogens is 360 g/mol. The number of benzene rings is 1. The van der Waals surface area contributed by atoms with Crippen molar-refractivity contribution in [3.63, 3.8) is 0 Å². The summed E-state index contributed by atoms with van der Waals surface area (Å²) in [6.07, 6.45) is 1.09. The number of hydrogen-bond acceptors (Lipinski definition) is 6. The number of carboxylic acid groups (broad SMARTS) is 1. The van der Waals surface area contributed by atoms with Crippen LogP contribution < -0.4 is 10.1 Å². The number of aromatic nitrogens is 2. The van der Waals surface area contributed by atoms with Crippen molar-refractivity contribution in [1.29, 1.82) is 5.26 Å². The van der Waals surface area contributed by atoms with Gasteiger partial charge in [-0.15, -0.1) is 0 Å². The standard InChI is InChI=1S/C17H15F2N5O3/c18-12-6-14(13(19)5-10(12)8-20)23-15-7-16(22-9-21-15)27-11-1-3-24(4-2-11)17(25)26/h5-7,9,11H,1-4H2,(H,25,26)(H,21,22,23). The number of anilines is 2. The average molecular weight is 375 g/mol. The highest BCUT2D eigenvalue weighted by atomic mass is 19.1. The van der Waals surface area contributed by atoms with Gasteiger partial charge in [-0.1, -0.05) is 0 Å². The van der Waals surface area contributed by atoms with Crippen molar-refractivity contribution in [2.24, 2.45) is 0 Å². The summed E-state index contributed by atoms with van der Waals surface area (Å²) >= 11 is 0. The number of likely N-dealkylation sites (tertiary alicyclic amines) is 1. The highest BCUT2D eigenvalue weighted by Crippen LogP contribution is 2.24. The van der Waals surface area contributed by atoms with Crippen LogP contribution in [0, 0.1) is 23.0 Å². The summed E-state index contributed by atoms with van der Waals surface area (Å²) in [4.78, 5) is 20.1. The number of hydrogen-bond donors (Lipinski definition) is 2. The van der Waals surface area contributed by atoms with E-state index in [4.69, 9.17) is 15.1 Å². The van der Waals surface area contributed by atoms with Crippen LogP contribution in [-0.2, 0) is 0 Å². The van der Waals surface area contributed by atoms with Gasteiger partial charge in [0.15, 0.2) is 0 Å². The van der Waals surface area contributed by atoms with Crippen LogP contribution in [0.15, 0.2) is 24.5 Å². The number of carbonyl (C=O) groups is 1. The van der Waals surface area contributed by atoms with E-state index in [1.165, 1.54) is 17.3 Å². The molecule has 2 N–H and O–H groups in total. The first-order chi connectivity index (χ1) is 13.0. The molecule has 1 aromatic heterocycles. The molecule has 2 heterocycles. The quantitative estimate of drug-likeness (QED) is 0.845. The molecule has 10 heteroatoms. The van der Waals surface area contributed by atoms with Gasteiger partial charge in [0.1, 0.15) is 36.0 Å². The molecule has 0 bridgehead atoms. The number of ether oxygens (including phenoxy) is 1. The minimum Gasteiger partial charge on any atom is -0.474 e. The van der Waals surface area contributed by atoms with Crippen molar-refractivity contribution in [1.82, 2.24) is 14.9 Å². The molecule has 0 unspecified atom stereocenters. The minimum absolute atomic E-state index is 0.175. The van der Waals surface area contributed by atoms with E-state index in [0.717, 1.165) is 12.1 Å². The van der Waals surface area contributed by atoms with Gasteiger partial charge in [-0.3, -0.25) is 0 Å². The lowest BCUT2D eigenvalue weighted by molar-refractivity contribution is 0.0870. The Morgan fingerprint density at radius 2 is 2.00 bits per heavy atom. The Morgan fingerprint density at radius 1 is 1.26 bits per heavy atom. The van der Waals surface area contributed by atoms with E-state index in [2.05, 4.69) is 15.3 Å². The maximum atomic E-state index is 14.0. The molecule has 0 saturated carbocycles. The van der Waals surface area contributed by atoms with Crippen molar-refractivity contribution < 1.29 is 23.4 Å². The molecule has 3 rings (SSSR count). The number of nitrogens with zero attached hydrogens (tertiary/aromatic N) is 4. The van der Waals surface area contributed by atoms with Crippen LogP contribution in [0.5, 0.6) is 5.88 Å². The number of amides is 1. The lowest BCUT2D eigenvalue weighted by Gasteiger charge is -2.29. The number of halogens is 2. The number of piperidine rings is 1. The Bertz CT molecular complexity index is 895. The summed E-state index contributed by atoms with van der Waals surface area (Å²) in [5, 5.41) is 20.3. The minimum atomic E-state index is -0.960. The van der Waals surface area contributed by atoms with E-state index in [-0.39, 0.29) is 23.5 Å². The molecule has 0 atom stereocenters. The van der Waals surface area contributed by atoms with Crippen LogP contribution >= 0.6 is 0 Å². The molecule has 1 fully saturated rings. The van der Waals surface area contributed by atoms with Gasteiger partial charge < -0.3 is 20.1 Å². The van der Waals surface area contributed by atoms with Crippen LogP contribution in [0.4, 0.5) is 25.1 Å². The maximum Gasteiger partial charge on any atom is 0.407 e. The molecule has 2 aromatic rings. The van der Waals surface area contributed by atoms with E-state index in [9.17, 15) is 13.6 Å². The Labute approximate surface area is 153 Å². The van der Waals surface area contributed by atoms with Gasteiger partial charge in [-0.25, -0.2) is 23.5 Å². The molecular formula is C17H15F2N5O3. The summed E-state index contributed by atoms with van der Waals surface area (Å²) in [5.74, 6) is -1.23. The Balaban J connectivity index is 1.67. The summed E-state index contributed by atoms with van der Waals surface area (Å²) in [6, 6.07) is 4.66. The molecule has 1 saturated heterocycles. The van der Waals surface area contributed by atoms with Gasteiger partial charge in [0.25, 0.3) is 0 Å². The maximum absolute atomic E-state index is 14.0. The molecule has 1 aliphatic heterocycles. The Kier molecular flexibility index (Phi) is 5.30. The van der Waals surface area contributed by atoms with Gasteiger partial charge >= 0.3 is 6.09 Å². The van der Waals surface area contributed by atoms with Crippen molar-refractivity contribution in [2.45, 2.75) is 18.9 Å². The normalized spacial score (nSPS) is 14.5. The SMILES string of the molecule is N#Cc1cc(F)c(Nc2cc(OC3CCN(C(=O)O)CC3)ncn2)cc1F. The number of rotatable bonds is 4. The molecule has 140 valence electrons. The second-order valence-corrected chi connectivity index (χ2v) is 5.88. The van der Waals surface area contributed by atoms with Gasteiger partial charge in [0.05, 0.1) is 11.3 Å². The van der Waals surface area contributed by atoms with E-state index >= 15 is 0 Å². The molecule has 1 aliphatic rings. The van der Waals surface area contributed by atoms with Crippen LogP contribution in [0.1, 0.15) is 18.4 Å². The highest BCUT2D eigenvalue weighted by Gasteiger charge is 2.23. The van der Waals surface area contributed by atoms with Gasteiger partial charge in [-0.05, 0) is 6.07 Å². The van der Waals surface area contributed by atoms with Crippen LogP contribution in [-0.4, -0.2) is 45.3 Å². The van der Waals surface area contributed by atoms with Gasteiger partial charge in [0.2, 0.25) is 5.88 Å². The molecule has 1 aromatic carbocycles. The van der Waals surface area contributed by atoms with Crippen molar-refractivity contribution >= 4 is 17.6 Å². The largest absolute Gasteiger partial charge is 0.474 e.